The Morgan fingerprint density at radius 1 is 1.40 bits per heavy atom. The van der Waals surface area contributed by atoms with Crippen LogP contribution in [0.2, 0.25) is 0 Å². The van der Waals surface area contributed by atoms with E-state index in [1.165, 1.54) is 6.07 Å². The summed E-state index contributed by atoms with van der Waals surface area (Å²) in [6.45, 7) is 3.72. The zero-order chi connectivity index (χ0) is 14.8. The molecule has 0 spiro atoms. The number of phenols is 1. The summed E-state index contributed by atoms with van der Waals surface area (Å²) in [5.74, 6) is -0.190. The van der Waals surface area contributed by atoms with Crippen LogP contribution in [-0.4, -0.2) is 53.3 Å². The van der Waals surface area contributed by atoms with E-state index in [4.69, 9.17) is 0 Å². The van der Waals surface area contributed by atoms with Crippen molar-refractivity contribution in [2.24, 2.45) is 0 Å². The standard InChI is InChI=1S/C15H22N2O3/c1-11-3-4-12(18)9-13(11)14(19)16-10-15(20)5-7-17(2)8-6-15/h3-4,9,18,20H,5-8,10H2,1-2H3,(H,16,19). The number of piperidine rings is 1. The number of hydrogen-bond acceptors (Lipinski definition) is 4. The Balaban J connectivity index is 1.97. The van der Waals surface area contributed by atoms with Crippen molar-refractivity contribution in [2.75, 3.05) is 26.7 Å². The maximum absolute atomic E-state index is 12.1. The number of aryl methyl sites for hydroxylation is 1. The highest BCUT2D eigenvalue weighted by atomic mass is 16.3. The lowest BCUT2D eigenvalue weighted by atomic mass is 9.91. The highest BCUT2D eigenvalue weighted by Gasteiger charge is 2.31. The number of rotatable bonds is 3. The number of likely N-dealkylation sites (tertiary alicyclic amines) is 1. The number of aliphatic hydroxyl groups is 1. The van der Waals surface area contributed by atoms with E-state index in [0.717, 1.165) is 18.7 Å². The minimum atomic E-state index is -0.826. The summed E-state index contributed by atoms with van der Waals surface area (Å²) in [7, 11) is 2.02. The molecule has 3 N–H and O–H groups in total. The van der Waals surface area contributed by atoms with E-state index in [-0.39, 0.29) is 18.2 Å². The lowest BCUT2D eigenvalue weighted by molar-refractivity contribution is -0.0135. The van der Waals surface area contributed by atoms with Crippen LogP contribution in [0.5, 0.6) is 5.75 Å². The molecule has 1 aliphatic heterocycles. The third kappa shape index (κ3) is 3.49. The van der Waals surface area contributed by atoms with E-state index in [1.54, 1.807) is 12.1 Å². The van der Waals surface area contributed by atoms with Crippen molar-refractivity contribution < 1.29 is 15.0 Å². The maximum Gasteiger partial charge on any atom is 0.251 e. The van der Waals surface area contributed by atoms with Crippen LogP contribution < -0.4 is 5.32 Å². The van der Waals surface area contributed by atoms with E-state index in [1.807, 2.05) is 14.0 Å². The summed E-state index contributed by atoms with van der Waals surface area (Å²) in [6, 6.07) is 4.70. The quantitative estimate of drug-likeness (QED) is 0.767. The Morgan fingerprint density at radius 3 is 2.70 bits per heavy atom. The van der Waals surface area contributed by atoms with E-state index in [0.29, 0.717) is 18.4 Å². The minimum absolute atomic E-state index is 0.0683. The van der Waals surface area contributed by atoms with Gasteiger partial charge in [-0.2, -0.15) is 0 Å². The Bertz CT molecular complexity index is 494. The number of benzene rings is 1. The van der Waals surface area contributed by atoms with E-state index < -0.39 is 5.60 Å². The van der Waals surface area contributed by atoms with Gasteiger partial charge in [0.2, 0.25) is 0 Å². The number of carbonyl (C=O) groups is 1. The lowest BCUT2D eigenvalue weighted by Crippen LogP contribution is -2.50. The SMILES string of the molecule is Cc1ccc(O)cc1C(=O)NCC1(O)CCN(C)CC1. The molecule has 5 heteroatoms. The Kier molecular flexibility index (Phi) is 4.30. The molecule has 20 heavy (non-hydrogen) atoms. The summed E-state index contributed by atoms with van der Waals surface area (Å²) in [5.41, 5.74) is 0.421. The molecule has 0 radical (unpaired) electrons. The summed E-state index contributed by atoms with van der Waals surface area (Å²) in [5, 5.41) is 22.6. The summed E-state index contributed by atoms with van der Waals surface area (Å²) < 4.78 is 0. The smallest absolute Gasteiger partial charge is 0.251 e. The van der Waals surface area contributed by atoms with Crippen molar-refractivity contribution in [3.63, 3.8) is 0 Å². The minimum Gasteiger partial charge on any atom is -0.508 e. The van der Waals surface area contributed by atoms with Crippen LogP contribution in [0.25, 0.3) is 0 Å². The third-order valence-corrected chi connectivity index (χ3v) is 3.96. The van der Waals surface area contributed by atoms with Gasteiger partial charge in [0.05, 0.1) is 5.60 Å². The second kappa shape index (κ2) is 5.81. The number of nitrogens with one attached hydrogen (secondary N) is 1. The van der Waals surface area contributed by atoms with Crippen LogP contribution in [0.1, 0.15) is 28.8 Å². The number of aromatic hydroxyl groups is 1. The van der Waals surface area contributed by atoms with Gasteiger partial charge in [-0.3, -0.25) is 4.79 Å². The van der Waals surface area contributed by atoms with Gasteiger partial charge in [0.1, 0.15) is 5.75 Å². The van der Waals surface area contributed by atoms with E-state index >= 15 is 0 Å². The predicted octanol–water partition coefficient (Wildman–Crippen LogP) is 0.887. The molecule has 0 unspecified atom stereocenters. The molecule has 1 amide bonds. The Morgan fingerprint density at radius 2 is 2.05 bits per heavy atom. The molecule has 1 aliphatic rings. The van der Waals surface area contributed by atoms with Crippen LogP contribution in [0.3, 0.4) is 0 Å². The van der Waals surface area contributed by atoms with Crippen LogP contribution >= 0.6 is 0 Å². The first-order valence-corrected chi connectivity index (χ1v) is 6.88. The molecular weight excluding hydrogens is 256 g/mol. The molecule has 0 aromatic heterocycles. The monoisotopic (exact) mass is 278 g/mol. The Labute approximate surface area is 119 Å². The van der Waals surface area contributed by atoms with Crippen LogP contribution in [0.4, 0.5) is 0 Å². The van der Waals surface area contributed by atoms with Crippen molar-refractivity contribution in [3.05, 3.63) is 29.3 Å². The second-order valence-electron chi connectivity index (χ2n) is 5.71. The first kappa shape index (κ1) is 14.8. The molecule has 1 aromatic carbocycles. The van der Waals surface area contributed by atoms with Crippen LogP contribution in [-0.2, 0) is 0 Å². The molecule has 0 saturated carbocycles. The number of carbonyl (C=O) groups excluding carboxylic acids is 1. The second-order valence-corrected chi connectivity index (χ2v) is 5.71. The lowest BCUT2D eigenvalue weighted by Gasteiger charge is -2.36. The van der Waals surface area contributed by atoms with Crippen LogP contribution in [0, 0.1) is 6.92 Å². The van der Waals surface area contributed by atoms with Gasteiger partial charge < -0.3 is 20.4 Å². The molecule has 0 atom stereocenters. The Hall–Kier alpha value is -1.59. The van der Waals surface area contributed by atoms with E-state index in [9.17, 15) is 15.0 Å². The zero-order valence-corrected chi connectivity index (χ0v) is 12.0. The van der Waals surface area contributed by atoms with Crippen LogP contribution in [0.15, 0.2) is 18.2 Å². The average molecular weight is 278 g/mol. The largest absolute Gasteiger partial charge is 0.508 e. The van der Waals surface area contributed by atoms with E-state index in [2.05, 4.69) is 10.2 Å². The van der Waals surface area contributed by atoms with Crippen molar-refractivity contribution >= 4 is 5.91 Å². The average Bonchev–Trinajstić information content (AvgIpc) is 2.43. The van der Waals surface area contributed by atoms with Gasteiger partial charge in [-0.05, 0) is 44.5 Å². The van der Waals surface area contributed by atoms with Gasteiger partial charge >= 0.3 is 0 Å². The molecule has 1 fully saturated rings. The zero-order valence-electron chi connectivity index (χ0n) is 12.0. The maximum atomic E-state index is 12.1. The number of hydrogen-bond donors (Lipinski definition) is 3. The van der Waals surface area contributed by atoms with Gasteiger partial charge in [-0.15, -0.1) is 0 Å². The fourth-order valence-corrected chi connectivity index (χ4v) is 2.41. The summed E-state index contributed by atoms with van der Waals surface area (Å²) in [4.78, 5) is 14.3. The molecule has 1 saturated heterocycles. The van der Waals surface area contributed by atoms with Crippen molar-refractivity contribution in [1.29, 1.82) is 0 Å². The van der Waals surface area contributed by atoms with Crippen molar-refractivity contribution in [1.82, 2.24) is 10.2 Å². The topological polar surface area (TPSA) is 72.8 Å². The van der Waals surface area contributed by atoms with Gasteiger partial charge in [0.15, 0.2) is 0 Å². The predicted molar refractivity (Wildman–Crippen MR) is 76.9 cm³/mol. The number of phenolic OH excluding ortho intramolecular Hbond substituents is 1. The number of nitrogens with zero attached hydrogens (tertiary/aromatic N) is 1. The summed E-state index contributed by atoms with van der Waals surface area (Å²) in [6.07, 6.45) is 1.31. The summed E-state index contributed by atoms with van der Waals surface area (Å²) >= 11 is 0. The molecular formula is C15H22N2O3. The molecule has 1 heterocycles. The molecule has 0 aliphatic carbocycles. The van der Waals surface area contributed by atoms with Gasteiger partial charge in [-0.25, -0.2) is 0 Å². The molecule has 2 rings (SSSR count). The van der Waals surface area contributed by atoms with Gasteiger partial charge in [0, 0.05) is 25.2 Å². The first-order valence-electron chi connectivity index (χ1n) is 6.88. The molecule has 110 valence electrons. The van der Waals surface area contributed by atoms with Crippen molar-refractivity contribution in [2.45, 2.75) is 25.4 Å². The molecule has 0 bridgehead atoms. The normalized spacial score (nSPS) is 18.8. The molecule has 5 nitrogen and oxygen atoms in total. The highest BCUT2D eigenvalue weighted by molar-refractivity contribution is 5.96. The fraction of sp³-hybridized carbons (Fsp3) is 0.533. The highest BCUT2D eigenvalue weighted by Crippen LogP contribution is 2.21. The molecule has 1 aromatic rings. The number of amides is 1. The third-order valence-electron chi connectivity index (χ3n) is 3.96. The van der Waals surface area contributed by atoms with Gasteiger partial charge in [-0.1, -0.05) is 6.07 Å². The van der Waals surface area contributed by atoms with Gasteiger partial charge in [0.25, 0.3) is 5.91 Å². The van der Waals surface area contributed by atoms with Crippen molar-refractivity contribution in [3.8, 4) is 5.75 Å². The first-order chi connectivity index (χ1) is 9.39. The fourth-order valence-electron chi connectivity index (χ4n) is 2.41.